The number of rotatable bonds is 6. The lowest BCUT2D eigenvalue weighted by Crippen LogP contribution is -2.25. The Bertz CT molecular complexity index is 875. The van der Waals surface area contributed by atoms with Crippen molar-refractivity contribution < 1.29 is 9.53 Å². The molecule has 0 unspecified atom stereocenters. The average Bonchev–Trinajstić information content (AvgIpc) is 3.08. The van der Waals surface area contributed by atoms with Crippen LogP contribution in [0.25, 0.3) is 11.4 Å². The minimum atomic E-state index is -0.133. The summed E-state index contributed by atoms with van der Waals surface area (Å²) in [4.78, 5) is 12.4. The molecule has 3 aromatic rings. The predicted molar refractivity (Wildman–Crippen MR) is 93.3 cm³/mol. The molecule has 0 saturated heterocycles. The molecule has 7 heteroatoms. The second-order valence-electron chi connectivity index (χ2n) is 5.52. The van der Waals surface area contributed by atoms with Crippen molar-refractivity contribution in [2.45, 2.75) is 6.42 Å². The van der Waals surface area contributed by atoms with Crippen molar-refractivity contribution in [1.29, 1.82) is 0 Å². The number of nitrogens with one attached hydrogen (secondary N) is 1. The van der Waals surface area contributed by atoms with Gasteiger partial charge in [0.15, 0.2) is 5.82 Å². The van der Waals surface area contributed by atoms with Gasteiger partial charge in [-0.25, -0.2) is 4.68 Å². The molecule has 1 aromatic heterocycles. The first-order valence-corrected chi connectivity index (χ1v) is 7.92. The van der Waals surface area contributed by atoms with Crippen LogP contribution >= 0.6 is 0 Å². The Balaban J connectivity index is 1.65. The van der Waals surface area contributed by atoms with Gasteiger partial charge in [-0.3, -0.25) is 4.79 Å². The number of ether oxygens (including phenoxy) is 1. The van der Waals surface area contributed by atoms with Crippen molar-refractivity contribution in [3.05, 3.63) is 59.7 Å². The number of benzene rings is 2. The molecular formula is C18H19N5O2. The highest BCUT2D eigenvalue weighted by Gasteiger charge is 2.10. The third-order valence-corrected chi connectivity index (χ3v) is 3.88. The number of methoxy groups -OCH3 is 1. The van der Waals surface area contributed by atoms with Crippen LogP contribution in [0.2, 0.25) is 0 Å². The third kappa shape index (κ3) is 3.82. The van der Waals surface area contributed by atoms with E-state index in [-0.39, 0.29) is 5.91 Å². The van der Waals surface area contributed by atoms with E-state index in [9.17, 15) is 4.79 Å². The van der Waals surface area contributed by atoms with Crippen molar-refractivity contribution in [3.8, 4) is 17.1 Å². The number of para-hydroxylation sites is 1. The van der Waals surface area contributed by atoms with Crippen LogP contribution < -0.4 is 10.1 Å². The maximum absolute atomic E-state index is 12.4. The number of aryl methyl sites for hydroxylation is 1. The highest BCUT2D eigenvalue weighted by atomic mass is 16.5. The van der Waals surface area contributed by atoms with Crippen LogP contribution in [-0.4, -0.2) is 39.8 Å². The van der Waals surface area contributed by atoms with Crippen LogP contribution in [0.5, 0.6) is 5.75 Å². The van der Waals surface area contributed by atoms with Crippen molar-refractivity contribution in [2.24, 2.45) is 7.05 Å². The largest absolute Gasteiger partial charge is 0.496 e. The second-order valence-corrected chi connectivity index (χ2v) is 5.52. The zero-order valence-corrected chi connectivity index (χ0v) is 14.1. The first kappa shape index (κ1) is 16.6. The summed E-state index contributed by atoms with van der Waals surface area (Å²) >= 11 is 0. The van der Waals surface area contributed by atoms with Gasteiger partial charge >= 0.3 is 0 Å². The third-order valence-electron chi connectivity index (χ3n) is 3.88. The molecule has 128 valence electrons. The number of hydrogen-bond donors (Lipinski definition) is 1. The van der Waals surface area contributed by atoms with Gasteiger partial charge in [0.2, 0.25) is 0 Å². The van der Waals surface area contributed by atoms with E-state index in [1.807, 2.05) is 36.4 Å². The Morgan fingerprint density at radius 1 is 1.20 bits per heavy atom. The maximum Gasteiger partial charge on any atom is 0.251 e. The summed E-state index contributed by atoms with van der Waals surface area (Å²) in [5.74, 6) is 1.31. The number of carbonyl (C=O) groups excluding carboxylic acids is 1. The number of aromatic nitrogens is 4. The molecule has 1 N–H and O–H groups in total. The van der Waals surface area contributed by atoms with E-state index in [0.717, 1.165) is 16.9 Å². The summed E-state index contributed by atoms with van der Waals surface area (Å²) in [6, 6.07) is 15.0. The van der Waals surface area contributed by atoms with Gasteiger partial charge in [-0.05, 0) is 40.6 Å². The van der Waals surface area contributed by atoms with Crippen LogP contribution in [0.15, 0.2) is 48.5 Å². The molecule has 0 spiro atoms. The van der Waals surface area contributed by atoms with E-state index in [4.69, 9.17) is 4.74 Å². The number of amides is 1. The number of nitrogens with zero attached hydrogens (tertiary/aromatic N) is 4. The molecule has 0 aliphatic heterocycles. The molecule has 0 radical (unpaired) electrons. The van der Waals surface area contributed by atoms with Crippen LogP contribution in [0.4, 0.5) is 0 Å². The summed E-state index contributed by atoms with van der Waals surface area (Å²) in [5, 5.41) is 14.3. The predicted octanol–water partition coefficient (Wildman–Crippen LogP) is 1.86. The molecule has 0 bridgehead atoms. The highest BCUT2D eigenvalue weighted by molar-refractivity contribution is 5.95. The zero-order chi connectivity index (χ0) is 17.6. The van der Waals surface area contributed by atoms with Gasteiger partial charge in [0.1, 0.15) is 5.75 Å². The van der Waals surface area contributed by atoms with E-state index >= 15 is 0 Å². The minimum absolute atomic E-state index is 0.133. The SMILES string of the molecule is COc1ccccc1CCNC(=O)c1cccc(-c2nnnn2C)c1. The summed E-state index contributed by atoms with van der Waals surface area (Å²) < 4.78 is 6.89. The molecule has 1 amide bonds. The number of carbonyl (C=O) groups is 1. The lowest BCUT2D eigenvalue weighted by atomic mass is 10.1. The molecule has 0 atom stereocenters. The normalized spacial score (nSPS) is 10.5. The van der Waals surface area contributed by atoms with Crippen LogP contribution in [0.1, 0.15) is 15.9 Å². The zero-order valence-electron chi connectivity index (χ0n) is 14.1. The van der Waals surface area contributed by atoms with Gasteiger partial charge in [-0.1, -0.05) is 30.3 Å². The first-order valence-electron chi connectivity index (χ1n) is 7.92. The lowest BCUT2D eigenvalue weighted by molar-refractivity contribution is 0.0954. The first-order chi connectivity index (χ1) is 12.2. The van der Waals surface area contributed by atoms with Crippen molar-refractivity contribution in [3.63, 3.8) is 0 Å². The van der Waals surface area contributed by atoms with Crippen LogP contribution in [-0.2, 0) is 13.5 Å². The lowest BCUT2D eigenvalue weighted by Gasteiger charge is -2.09. The maximum atomic E-state index is 12.4. The van der Waals surface area contributed by atoms with Gasteiger partial charge in [0.25, 0.3) is 5.91 Å². The van der Waals surface area contributed by atoms with Crippen molar-refractivity contribution >= 4 is 5.91 Å². The Hall–Kier alpha value is -3.22. The number of hydrogen-bond acceptors (Lipinski definition) is 5. The Labute approximate surface area is 145 Å². The van der Waals surface area contributed by atoms with Gasteiger partial charge < -0.3 is 10.1 Å². The minimum Gasteiger partial charge on any atom is -0.496 e. The Morgan fingerprint density at radius 3 is 2.80 bits per heavy atom. The van der Waals surface area contributed by atoms with Crippen LogP contribution in [0, 0.1) is 0 Å². The van der Waals surface area contributed by atoms with Gasteiger partial charge in [0.05, 0.1) is 7.11 Å². The highest BCUT2D eigenvalue weighted by Crippen LogP contribution is 2.18. The molecule has 7 nitrogen and oxygen atoms in total. The average molecular weight is 337 g/mol. The molecular weight excluding hydrogens is 318 g/mol. The van der Waals surface area contributed by atoms with E-state index in [2.05, 4.69) is 20.8 Å². The Morgan fingerprint density at radius 2 is 2.04 bits per heavy atom. The fourth-order valence-corrected chi connectivity index (χ4v) is 2.60. The summed E-state index contributed by atoms with van der Waals surface area (Å²) in [6.07, 6.45) is 0.697. The van der Waals surface area contributed by atoms with Crippen molar-refractivity contribution in [2.75, 3.05) is 13.7 Å². The van der Waals surface area contributed by atoms with Gasteiger partial charge in [0, 0.05) is 24.7 Å². The number of tetrazole rings is 1. The summed E-state index contributed by atoms with van der Waals surface area (Å²) in [6.45, 7) is 0.523. The second kappa shape index (κ2) is 7.57. The van der Waals surface area contributed by atoms with E-state index < -0.39 is 0 Å². The van der Waals surface area contributed by atoms with Gasteiger partial charge in [-0.2, -0.15) is 0 Å². The fraction of sp³-hybridized carbons (Fsp3) is 0.222. The summed E-state index contributed by atoms with van der Waals surface area (Å²) in [7, 11) is 3.40. The molecule has 0 aliphatic carbocycles. The van der Waals surface area contributed by atoms with Crippen LogP contribution in [0.3, 0.4) is 0 Å². The smallest absolute Gasteiger partial charge is 0.251 e. The van der Waals surface area contributed by atoms with Crippen molar-refractivity contribution in [1.82, 2.24) is 25.5 Å². The molecule has 1 heterocycles. The quantitative estimate of drug-likeness (QED) is 0.742. The summed E-state index contributed by atoms with van der Waals surface area (Å²) in [5.41, 5.74) is 2.43. The van der Waals surface area contributed by atoms with E-state index in [0.29, 0.717) is 24.4 Å². The molecule has 0 saturated carbocycles. The van der Waals surface area contributed by atoms with Gasteiger partial charge in [-0.15, -0.1) is 5.10 Å². The molecule has 3 rings (SSSR count). The standard InChI is InChI=1S/C18H19N5O2/c1-23-17(20-21-22-23)14-7-5-8-15(12-14)18(24)19-11-10-13-6-3-4-9-16(13)25-2/h3-9,12H,10-11H2,1-2H3,(H,19,24). The monoisotopic (exact) mass is 337 g/mol. The van der Waals surface area contributed by atoms with E-state index in [1.165, 1.54) is 0 Å². The Kier molecular flexibility index (Phi) is 5.03. The topological polar surface area (TPSA) is 81.9 Å². The fourth-order valence-electron chi connectivity index (χ4n) is 2.60. The molecule has 2 aromatic carbocycles. The molecule has 0 fully saturated rings. The van der Waals surface area contributed by atoms with E-state index in [1.54, 1.807) is 31.0 Å². The molecule has 25 heavy (non-hydrogen) atoms. The molecule has 0 aliphatic rings.